The minimum absolute atomic E-state index is 0.305. The number of amidine groups is 1. The first-order valence-electron chi connectivity index (χ1n) is 8.72. The highest BCUT2D eigenvalue weighted by molar-refractivity contribution is 6.31. The molecule has 27 heavy (non-hydrogen) atoms. The number of ether oxygens (including phenoxy) is 1. The predicted octanol–water partition coefficient (Wildman–Crippen LogP) is 4.09. The molecule has 0 radical (unpaired) electrons. The number of benzene rings is 2. The van der Waals surface area contributed by atoms with Crippen LogP contribution in [0.4, 0.5) is 0 Å². The summed E-state index contributed by atoms with van der Waals surface area (Å²) >= 11 is 6.42. The first-order chi connectivity index (χ1) is 12.9. The molecule has 6 heteroatoms. The number of pyridine rings is 1. The van der Waals surface area contributed by atoms with Gasteiger partial charge in [0.05, 0.1) is 0 Å². The first-order valence-corrected chi connectivity index (χ1v) is 9.10. The van der Waals surface area contributed by atoms with Crippen LogP contribution in [-0.2, 0) is 13.2 Å². The van der Waals surface area contributed by atoms with Crippen LogP contribution in [0.25, 0.3) is 10.9 Å². The van der Waals surface area contributed by atoms with Crippen molar-refractivity contribution in [1.29, 1.82) is 5.41 Å². The van der Waals surface area contributed by atoms with E-state index < -0.39 is 0 Å². The number of hydrogen-bond donors (Lipinski definition) is 3. The lowest BCUT2D eigenvalue weighted by atomic mass is 10.0. The highest BCUT2D eigenvalue weighted by Gasteiger charge is 2.14. The van der Waals surface area contributed by atoms with Crippen molar-refractivity contribution in [1.82, 2.24) is 10.3 Å². The van der Waals surface area contributed by atoms with Crippen molar-refractivity contribution >= 4 is 28.3 Å². The van der Waals surface area contributed by atoms with E-state index in [1.165, 1.54) is 0 Å². The van der Waals surface area contributed by atoms with E-state index in [0.717, 1.165) is 38.9 Å². The maximum absolute atomic E-state index is 8.15. The van der Waals surface area contributed by atoms with Crippen LogP contribution < -0.4 is 15.8 Å². The molecule has 140 valence electrons. The second-order valence-corrected chi connectivity index (χ2v) is 6.87. The van der Waals surface area contributed by atoms with Crippen molar-refractivity contribution < 1.29 is 4.74 Å². The van der Waals surface area contributed by atoms with Crippen LogP contribution in [0.2, 0.25) is 5.02 Å². The van der Waals surface area contributed by atoms with Crippen LogP contribution in [0, 0.1) is 19.3 Å². The zero-order valence-electron chi connectivity index (χ0n) is 15.7. The largest absolute Gasteiger partial charge is 0.487 e. The molecule has 0 bridgehead atoms. The maximum Gasteiger partial charge on any atom is 0.146 e. The molecule has 0 spiro atoms. The van der Waals surface area contributed by atoms with Crippen molar-refractivity contribution in [3.63, 3.8) is 0 Å². The van der Waals surface area contributed by atoms with Crippen LogP contribution in [-0.4, -0.2) is 17.9 Å². The van der Waals surface area contributed by atoms with E-state index in [4.69, 9.17) is 27.5 Å². The fourth-order valence-electron chi connectivity index (χ4n) is 3.15. The summed E-state index contributed by atoms with van der Waals surface area (Å²) in [6.45, 7) is 4.60. The molecule has 3 rings (SSSR count). The molecule has 0 aliphatic heterocycles. The van der Waals surface area contributed by atoms with E-state index in [0.29, 0.717) is 29.8 Å². The SMILES string of the molecule is CNC(=N)c1cc(C)nc2c(OCc3c(Cl)cc(C)cc3CN)cccc12. The Balaban J connectivity index is 2.02. The van der Waals surface area contributed by atoms with Gasteiger partial charge in [0.25, 0.3) is 0 Å². The Labute approximate surface area is 164 Å². The van der Waals surface area contributed by atoms with E-state index in [-0.39, 0.29) is 0 Å². The standard InChI is InChI=1S/C21H23ClN4O/c1-12-7-14(10-23)17(18(22)8-12)11-27-19-6-4-5-15-16(21(24)25-3)9-13(2)26-20(15)19/h4-9H,10-11,23H2,1-3H3,(H2,24,25). The summed E-state index contributed by atoms with van der Waals surface area (Å²) in [5.74, 6) is 0.996. The summed E-state index contributed by atoms with van der Waals surface area (Å²) in [7, 11) is 1.73. The summed E-state index contributed by atoms with van der Waals surface area (Å²) in [6.07, 6.45) is 0. The van der Waals surface area contributed by atoms with Crippen LogP contribution in [0.1, 0.15) is 27.9 Å². The number of halogens is 1. The van der Waals surface area contributed by atoms with Crippen LogP contribution >= 0.6 is 11.6 Å². The van der Waals surface area contributed by atoms with Gasteiger partial charge in [-0.15, -0.1) is 0 Å². The van der Waals surface area contributed by atoms with E-state index in [1.807, 2.05) is 50.2 Å². The monoisotopic (exact) mass is 382 g/mol. The molecular weight excluding hydrogens is 360 g/mol. The third kappa shape index (κ3) is 3.89. The summed E-state index contributed by atoms with van der Waals surface area (Å²) < 4.78 is 6.10. The number of nitrogens with zero attached hydrogens (tertiary/aromatic N) is 1. The highest BCUT2D eigenvalue weighted by atomic mass is 35.5. The van der Waals surface area contributed by atoms with E-state index >= 15 is 0 Å². The zero-order chi connectivity index (χ0) is 19.6. The number of aromatic nitrogens is 1. The average Bonchev–Trinajstić information content (AvgIpc) is 2.65. The van der Waals surface area contributed by atoms with Gasteiger partial charge in [-0.25, -0.2) is 4.98 Å². The van der Waals surface area contributed by atoms with E-state index in [9.17, 15) is 0 Å². The normalized spacial score (nSPS) is 10.9. The fourth-order valence-corrected chi connectivity index (χ4v) is 3.49. The zero-order valence-corrected chi connectivity index (χ0v) is 16.4. The van der Waals surface area contributed by atoms with Crippen molar-refractivity contribution in [2.45, 2.75) is 27.0 Å². The van der Waals surface area contributed by atoms with E-state index in [1.54, 1.807) is 7.05 Å². The predicted molar refractivity (Wildman–Crippen MR) is 111 cm³/mol. The molecule has 0 unspecified atom stereocenters. The summed E-state index contributed by atoms with van der Waals surface area (Å²) in [5.41, 5.74) is 11.2. The number of nitrogens with two attached hydrogens (primary N) is 1. The lowest BCUT2D eigenvalue weighted by Gasteiger charge is -2.15. The molecule has 5 nitrogen and oxygen atoms in total. The topological polar surface area (TPSA) is 84.0 Å². The van der Waals surface area contributed by atoms with Crippen molar-refractivity contribution in [3.05, 3.63) is 69.4 Å². The van der Waals surface area contributed by atoms with Crippen molar-refractivity contribution in [2.24, 2.45) is 5.73 Å². The molecule has 0 aliphatic carbocycles. The molecule has 0 aliphatic rings. The van der Waals surface area contributed by atoms with Gasteiger partial charge < -0.3 is 15.8 Å². The summed E-state index contributed by atoms with van der Waals surface area (Å²) in [6, 6.07) is 11.6. The number of fused-ring (bicyclic) bond motifs is 1. The number of aryl methyl sites for hydroxylation is 2. The van der Waals surface area contributed by atoms with Gasteiger partial charge in [0.15, 0.2) is 0 Å². The Morgan fingerprint density at radius 2 is 2.04 bits per heavy atom. The van der Waals surface area contributed by atoms with Gasteiger partial charge in [0, 0.05) is 40.8 Å². The third-order valence-electron chi connectivity index (χ3n) is 4.47. The van der Waals surface area contributed by atoms with Crippen molar-refractivity contribution in [3.8, 4) is 5.75 Å². The van der Waals surface area contributed by atoms with E-state index in [2.05, 4.69) is 10.3 Å². The minimum atomic E-state index is 0.305. The van der Waals surface area contributed by atoms with Gasteiger partial charge in [-0.1, -0.05) is 29.8 Å². The second-order valence-electron chi connectivity index (χ2n) is 6.47. The Kier molecular flexibility index (Phi) is 5.63. The van der Waals surface area contributed by atoms with Crippen LogP contribution in [0.3, 0.4) is 0 Å². The molecule has 3 aromatic rings. The lowest BCUT2D eigenvalue weighted by Crippen LogP contribution is -2.18. The molecule has 0 saturated carbocycles. The number of hydrogen-bond acceptors (Lipinski definition) is 4. The number of para-hydroxylation sites is 1. The van der Waals surface area contributed by atoms with Gasteiger partial charge in [-0.3, -0.25) is 5.41 Å². The van der Waals surface area contributed by atoms with Gasteiger partial charge in [0.1, 0.15) is 23.7 Å². The van der Waals surface area contributed by atoms with Gasteiger partial charge in [-0.2, -0.15) is 0 Å². The number of rotatable bonds is 5. The molecule has 0 fully saturated rings. The second kappa shape index (κ2) is 7.94. The molecule has 0 atom stereocenters. The van der Waals surface area contributed by atoms with Crippen LogP contribution in [0.5, 0.6) is 5.75 Å². The molecule has 0 amide bonds. The molecule has 1 heterocycles. The Hall–Kier alpha value is -2.63. The molecule has 1 aromatic heterocycles. The summed E-state index contributed by atoms with van der Waals surface area (Å²) in [5, 5.41) is 12.6. The van der Waals surface area contributed by atoms with Gasteiger partial charge >= 0.3 is 0 Å². The molecular formula is C21H23ClN4O. The lowest BCUT2D eigenvalue weighted by molar-refractivity contribution is 0.308. The maximum atomic E-state index is 8.15. The molecule has 4 N–H and O–H groups in total. The Bertz CT molecular complexity index is 1020. The highest BCUT2D eigenvalue weighted by Crippen LogP contribution is 2.29. The Morgan fingerprint density at radius 3 is 2.74 bits per heavy atom. The number of nitrogens with one attached hydrogen (secondary N) is 2. The summed E-state index contributed by atoms with van der Waals surface area (Å²) in [4.78, 5) is 4.64. The average molecular weight is 383 g/mol. The quantitative estimate of drug-likeness (QED) is 0.458. The minimum Gasteiger partial charge on any atom is -0.487 e. The van der Waals surface area contributed by atoms with Gasteiger partial charge in [0.2, 0.25) is 0 Å². The Morgan fingerprint density at radius 1 is 1.26 bits per heavy atom. The van der Waals surface area contributed by atoms with Gasteiger partial charge in [-0.05, 0) is 43.2 Å². The van der Waals surface area contributed by atoms with Crippen molar-refractivity contribution in [2.75, 3.05) is 7.05 Å². The fraction of sp³-hybridized carbons (Fsp3) is 0.238. The first kappa shape index (κ1) is 19.1. The van der Waals surface area contributed by atoms with Crippen LogP contribution in [0.15, 0.2) is 36.4 Å². The molecule has 0 saturated heterocycles. The molecule has 2 aromatic carbocycles. The third-order valence-corrected chi connectivity index (χ3v) is 4.81. The smallest absolute Gasteiger partial charge is 0.146 e.